The third kappa shape index (κ3) is 2.67. The number of rotatable bonds is 3. The summed E-state index contributed by atoms with van der Waals surface area (Å²) in [4.78, 5) is 29.8. The average molecular weight is 310 g/mol. The van der Waals surface area contributed by atoms with E-state index in [1.807, 2.05) is 0 Å². The first-order valence-electron chi connectivity index (χ1n) is 7.20. The highest BCUT2D eigenvalue weighted by molar-refractivity contribution is 7.11. The summed E-state index contributed by atoms with van der Waals surface area (Å²) >= 11 is 1.12. The van der Waals surface area contributed by atoms with E-state index in [-0.39, 0.29) is 35.2 Å². The van der Waals surface area contributed by atoms with Crippen molar-refractivity contribution in [3.8, 4) is 0 Å². The molecule has 21 heavy (non-hydrogen) atoms. The van der Waals surface area contributed by atoms with Gasteiger partial charge in [0, 0.05) is 24.4 Å². The molecular formula is C14H18N2O4S. The molecule has 2 aliphatic rings. The molecule has 3 rings (SSSR count). The number of esters is 1. The summed E-state index contributed by atoms with van der Waals surface area (Å²) in [6.45, 7) is 3.27. The molecule has 1 amide bonds. The Balaban J connectivity index is 1.68. The van der Waals surface area contributed by atoms with Crippen molar-refractivity contribution < 1.29 is 19.4 Å². The molecule has 6 nitrogen and oxygen atoms in total. The molecule has 1 N–H and O–H groups in total. The first-order chi connectivity index (χ1) is 10.1. The molecule has 7 heteroatoms. The van der Waals surface area contributed by atoms with E-state index in [0.29, 0.717) is 19.0 Å². The standard InChI is InChI=1S/C14H18N2O4S/c1-2-20-14(19)12-15-10(7-21-12)13(18)16-5-8-3-4-11(17)9(8)6-16/h7-9,11,17H,2-6H2,1H3. The lowest BCUT2D eigenvalue weighted by molar-refractivity contribution is 0.0526. The first-order valence-corrected chi connectivity index (χ1v) is 8.08. The number of amides is 1. The summed E-state index contributed by atoms with van der Waals surface area (Å²) in [5, 5.41) is 11.7. The maximum atomic E-state index is 12.4. The van der Waals surface area contributed by atoms with Gasteiger partial charge in [0.1, 0.15) is 5.69 Å². The number of thiazole rings is 1. The zero-order valence-corrected chi connectivity index (χ0v) is 12.6. The molecule has 0 bridgehead atoms. The van der Waals surface area contributed by atoms with Gasteiger partial charge in [-0.05, 0) is 25.7 Å². The minimum atomic E-state index is -0.490. The van der Waals surface area contributed by atoms with Crippen molar-refractivity contribution in [3.63, 3.8) is 0 Å². The van der Waals surface area contributed by atoms with Crippen LogP contribution in [-0.4, -0.2) is 52.7 Å². The maximum absolute atomic E-state index is 12.4. The summed E-state index contributed by atoms with van der Waals surface area (Å²) in [5.41, 5.74) is 0.289. The molecule has 3 unspecified atom stereocenters. The summed E-state index contributed by atoms with van der Waals surface area (Å²) in [7, 11) is 0. The third-order valence-corrected chi connectivity index (χ3v) is 5.10. The number of aliphatic hydroxyl groups excluding tert-OH is 1. The zero-order chi connectivity index (χ0) is 15.0. The number of aliphatic hydroxyl groups is 1. The molecule has 3 atom stereocenters. The fourth-order valence-electron chi connectivity index (χ4n) is 3.22. The van der Waals surface area contributed by atoms with E-state index in [0.717, 1.165) is 24.2 Å². The Morgan fingerprint density at radius 1 is 1.48 bits per heavy atom. The van der Waals surface area contributed by atoms with Gasteiger partial charge in [0.2, 0.25) is 5.01 Å². The number of carbonyl (C=O) groups is 2. The van der Waals surface area contributed by atoms with Gasteiger partial charge in [0.25, 0.3) is 5.91 Å². The number of fused-ring (bicyclic) bond motifs is 1. The van der Waals surface area contributed by atoms with Crippen molar-refractivity contribution in [3.05, 3.63) is 16.1 Å². The smallest absolute Gasteiger partial charge is 0.367 e. The molecule has 2 heterocycles. The summed E-state index contributed by atoms with van der Waals surface area (Å²) < 4.78 is 4.87. The van der Waals surface area contributed by atoms with Crippen molar-refractivity contribution in [2.75, 3.05) is 19.7 Å². The van der Waals surface area contributed by atoms with Crippen LogP contribution in [0.25, 0.3) is 0 Å². The van der Waals surface area contributed by atoms with Crippen LogP contribution in [0.4, 0.5) is 0 Å². The van der Waals surface area contributed by atoms with Crippen molar-refractivity contribution in [2.45, 2.75) is 25.9 Å². The second-order valence-electron chi connectivity index (χ2n) is 5.54. The Morgan fingerprint density at radius 2 is 2.29 bits per heavy atom. The van der Waals surface area contributed by atoms with Crippen LogP contribution >= 0.6 is 11.3 Å². The zero-order valence-electron chi connectivity index (χ0n) is 11.8. The van der Waals surface area contributed by atoms with Gasteiger partial charge in [-0.3, -0.25) is 4.79 Å². The van der Waals surface area contributed by atoms with E-state index >= 15 is 0 Å². The first kappa shape index (κ1) is 14.5. The monoisotopic (exact) mass is 310 g/mol. The van der Waals surface area contributed by atoms with Crippen molar-refractivity contribution in [1.82, 2.24) is 9.88 Å². The van der Waals surface area contributed by atoms with Crippen LogP contribution in [0.1, 0.15) is 40.1 Å². The number of hydrogen-bond acceptors (Lipinski definition) is 6. The van der Waals surface area contributed by atoms with E-state index < -0.39 is 5.97 Å². The Bertz CT molecular complexity index is 559. The molecule has 1 aromatic heterocycles. The fraction of sp³-hybridized carbons (Fsp3) is 0.643. The van der Waals surface area contributed by atoms with Gasteiger partial charge in [0.05, 0.1) is 12.7 Å². The number of carbonyl (C=O) groups excluding carboxylic acids is 2. The van der Waals surface area contributed by atoms with Crippen molar-refractivity contribution in [1.29, 1.82) is 0 Å². The molecule has 2 fully saturated rings. The fourth-order valence-corrected chi connectivity index (χ4v) is 3.91. The van der Waals surface area contributed by atoms with E-state index in [2.05, 4.69) is 4.98 Å². The predicted molar refractivity (Wildman–Crippen MR) is 76.2 cm³/mol. The highest BCUT2D eigenvalue weighted by atomic mass is 32.1. The van der Waals surface area contributed by atoms with Gasteiger partial charge >= 0.3 is 5.97 Å². The number of hydrogen-bond donors (Lipinski definition) is 1. The lowest BCUT2D eigenvalue weighted by atomic mass is 10.00. The van der Waals surface area contributed by atoms with Gasteiger partial charge in [-0.1, -0.05) is 0 Å². The normalized spacial score (nSPS) is 27.7. The lowest BCUT2D eigenvalue weighted by Crippen LogP contribution is -2.31. The average Bonchev–Trinajstić information content (AvgIpc) is 3.16. The molecule has 1 saturated carbocycles. The van der Waals surface area contributed by atoms with Crippen LogP contribution in [0.5, 0.6) is 0 Å². The molecular weight excluding hydrogens is 292 g/mol. The van der Waals surface area contributed by atoms with Crippen molar-refractivity contribution >= 4 is 23.2 Å². The van der Waals surface area contributed by atoms with Crippen LogP contribution in [0, 0.1) is 11.8 Å². The molecule has 0 spiro atoms. The Morgan fingerprint density at radius 3 is 3.00 bits per heavy atom. The molecule has 1 aliphatic heterocycles. The number of nitrogens with zero attached hydrogens (tertiary/aromatic N) is 2. The number of aromatic nitrogens is 1. The molecule has 0 aromatic carbocycles. The lowest BCUT2D eigenvalue weighted by Gasteiger charge is -2.17. The number of likely N-dealkylation sites (tertiary alicyclic amines) is 1. The highest BCUT2D eigenvalue weighted by Crippen LogP contribution is 2.38. The van der Waals surface area contributed by atoms with Gasteiger partial charge < -0.3 is 14.7 Å². The largest absolute Gasteiger partial charge is 0.461 e. The van der Waals surface area contributed by atoms with Crippen LogP contribution in [0.3, 0.4) is 0 Å². The van der Waals surface area contributed by atoms with Crippen LogP contribution in [0.15, 0.2) is 5.38 Å². The van der Waals surface area contributed by atoms with E-state index in [4.69, 9.17) is 4.74 Å². The Labute approximate surface area is 126 Å². The van der Waals surface area contributed by atoms with E-state index in [1.54, 1.807) is 17.2 Å². The van der Waals surface area contributed by atoms with Crippen LogP contribution in [-0.2, 0) is 4.74 Å². The van der Waals surface area contributed by atoms with Crippen molar-refractivity contribution in [2.24, 2.45) is 11.8 Å². The predicted octanol–water partition coefficient (Wildman–Crippen LogP) is 1.16. The highest BCUT2D eigenvalue weighted by Gasteiger charge is 2.43. The summed E-state index contributed by atoms with van der Waals surface area (Å²) in [6.07, 6.45) is 1.51. The molecule has 0 radical (unpaired) electrons. The van der Waals surface area contributed by atoms with E-state index in [9.17, 15) is 14.7 Å². The molecule has 1 aliphatic carbocycles. The van der Waals surface area contributed by atoms with Crippen LogP contribution in [0.2, 0.25) is 0 Å². The molecule has 1 aromatic rings. The van der Waals surface area contributed by atoms with Gasteiger partial charge in [-0.15, -0.1) is 11.3 Å². The number of ether oxygens (including phenoxy) is 1. The topological polar surface area (TPSA) is 79.7 Å². The Kier molecular flexibility index (Phi) is 3.95. The minimum Gasteiger partial charge on any atom is -0.461 e. The quantitative estimate of drug-likeness (QED) is 0.848. The summed E-state index contributed by atoms with van der Waals surface area (Å²) in [5.74, 6) is -0.0668. The van der Waals surface area contributed by atoms with Gasteiger partial charge in [-0.2, -0.15) is 0 Å². The maximum Gasteiger partial charge on any atom is 0.367 e. The van der Waals surface area contributed by atoms with Crippen LogP contribution < -0.4 is 0 Å². The van der Waals surface area contributed by atoms with E-state index in [1.165, 1.54) is 0 Å². The van der Waals surface area contributed by atoms with Gasteiger partial charge in [-0.25, -0.2) is 9.78 Å². The summed E-state index contributed by atoms with van der Waals surface area (Å²) in [6, 6.07) is 0. The van der Waals surface area contributed by atoms with Gasteiger partial charge in [0.15, 0.2) is 0 Å². The minimum absolute atomic E-state index is 0.164. The second-order valence-corrected chi connectivity index (χ2v) is 6.40. The second kappa shape index (κ2) is 5.73. The molecule has 114 valence electrons. The molecule has 1 saturated heterocycles. The third-order valence-electron chi connectivity index (χ3n) is 4.28. The Hall–Kier alpha value is -1.47. The SMILES string of the molecule is CCOC(=O)c1nc(C(=O)N2CC3CCC(O)C3C2)cs1.